The van der Waals surface area contributed by atoms with Gasteiger partial charge in [0.1, 0.15) is 0 Å². The molecule has 1 heterocycles. The second-order valence-corrected chi connectivity index (χ2v) is 6.10. The smallest absolute Gasteiger partial charge is 0.315 e. The van der Waals surface area contributed by atoms with Crippen LogP contribution in [0.4, 0.5) is 4.79 Å². The summed E-state index contributed by atoms with van der Waals surface area (Å²) < 4.78 is 0. The van der Waals surface area contributed by atoms with Crippen molar-refractivity contribution in [1.29, 1.82) is 0 Å². The second-order valence-electron chi connectivity index (χ2n) is 5.66. The summed E-state index contributed by atoms with van der Waals surface area (Å²) in [5, 5.41) is 12.0. The number of hydrogen-bond donors (Lipinski definition) is 4. The van der Waals surface area contributed by atoms with Crippen LogP contribution in [-0.4, -0.2) is 38.1 Å². The highest BCUT2D eigenvalue weighted by Gasteiger charge is 2.14. The van der Waals surface area contributed by atoms with Gasteiger partial charge < -0.3 is 21.3 Å². The largest absolute Gasteiger partial charge is 0.355 e. The van der Waals surface area contributed by atoms with E-state index in [9.17, 15) is 9.59 Å². The second kappa shape index (κ2) is 11.1. The Morgan fingerprint density at radius 3 is 2.58 bits per heavy atom. The third-order valence-corrected chi connectivity index (χ3v) is 4.06. The van der Waals surface area contributed by atoms with Crippen molar-refractivity contribution in [3.05, 3.63) is 34.9 Å². The number of amides is 3. The molecule has 3 amide bonds. The summed E-state index contributed by atoms with van der Waals surface area (Å²) in [5.41, 5.74) is 0.944. The molecular weight excluding hydrogens is 351 g/mol. The molecule has 0 aromatic heterocycles. The van der Waals surface area contributed by atoms with Crippen LogP contribution in [0.2, 0.25) is 5.02 Å². The molecule has 134 valence electrons. The normalized spacial score (nSPS) is 16.1. The van der Waals surface area contributed by atoms with Crippen LogP contribution >= 0.6 is 24.0 Å². The number of urea groups is 1. The average molecular weight is 375 g/mol. The molecule has 1 aliphatic rings. The van der Waals surface area contributed by atoms with Gasteiger partial charge in [0.15, 0.2) is 0 Å². The van der Waals surface area contributed by atoms with E-state index in [2.05, 4.69) is 21.3 Å². The highest BCUT2D eigenvalue weighted by atomic mass is 35.5. The standard InChI is InChI=1S/C16H23ClN4O2.ClH/c17-14-3-1-12(2-4-14)10-20-16(23)21-11-15(22)19-8-6-13-5-7-18-9-13;/h1-4,13,18H,5-11H2,(H,19,22)(H2,20,21,23);1H. The van der Waals surface area contributed by atoms with E-state index >= 15 is 0 Å². The molecule has 0 bridgehead atoms. The Hall–Kier alpha value is -1.50. The Bertz CT molecular complexity index is 519. The Morgan fingerprint density at radius 2 is 1.92 bits per heavy atom. The van der Waals surface area contributed by atoms with Crippen molar-refractivity contribution in [2.24, 2.45) is 5.92 Å². The van der Waals surface area contributed by atoms with E-state index in [0.717, 1.165) is 25.1 Å². The number of carbonyl (C=O) groups excluding carboxylic acids is 2. The highest BCUT2D eigenvalue weighted by molar-refractivity contribution is 6.30. The van der Waals surface area contributed by atoms with E-state index in [1.54, 1.807) is 12.1 Å². The maximum absolute atomic E-state index is 11.6. The number of benzene rings is 1. The molecule has 1 aromatic carbocycles. The molecule has 4 N–H and O–H groups in total. The lowest BCUT2D eigenvalue weighted by molar-refractivity contribution is -0.120. The molecule has 1 aliphatic heterocycles. The van der Waals surface area contributed by atoms with Crippen LogP contribution in [0.5, 0.6) is 0 Å². The molecular formula is C16H24Cl2N4O2. The van der Waals surface area contributed by atoms with E-state index in [1.165, 1.54) is 6.42 Å². The fourth-order valence-corrected chi connectivity index (χ4v) is 2.57. The summed E-state index contributed by atoms with van der Waals surface area (Å²) in [6, 6.07) is 6.85. The van der Waals surface area contributed by atoms with Crippen LogP contribution in [0.3, 0.4) is 0 Å². The van der Waals surface area contributed by atoms with E-state index < -0.39 is 0 Å². The Labute approximate surface area is 153 Å². The molecule has 2 rings (SSSR count). The molecule has 24 heavy (non-hydrogen) atoms. The van der Waals surface area contributed by atoms with Gasteiger partial charge in [-0.3, -0.25) is 4.79 Å². The minimum atomic E-state index is -0.366. The van der Waals surface area contributed by atoms with Gasteiger partial charge in [0.05, 0.1) is 6.54 Å². The molecule has 1 atom stereocenters. The summed E-state index contributed by atoms with van der Waals surface area (Å²) in [7, 11) is 0. The predicted octanol–water partition coefficient (Wildman–Crippen LogP) is 1.68. The van der Waals surface area contributed by atoms with Crippen molar-refractivity contribution in [1.82, 2.24) is 21.3 Å². The summed E-state index contributed by atoms with van der Waals surface area (Å²) in [6.07, 6.45) is 2.14. The van der Waals surface area contributed by atoms with Crippen LogP contribution in [0.1, 0.15) is 18.4 Å². The summed E-state index contributed by atoms with van der Waals surface area (Å²) >= 11 is 5.79. The first kappa shape index (κ1) is 20.5. The van der Waals surface area contributed by atoms with Crippen LogP contribution in [-0.2, 0) is 11.3 Å². The molecule has 1 aromatic rings. The van der Waals surface area contributed by atoms with Gasteiger partial charge >= 0.3 is 6.03 Å². The van der Waals surface area contributed by atoms with Gasteiger partial charge in [-0.2, -0.15) is 0 Å². The quantitative estimate of drug-likeness (QED) is 0.585. The Kier molecular flexibility index (Phi) is 9.52. The number of carbonyl (C=O) groups is 2. The van der Waals surface area contributed by atoms with Crippen molar-refractivity contribution in [2.75, 3.05) is 26.2 Å². The zero-order valence-corrected chi connectivity index (χ0v) is 15.0. The van der Waals surface area contributed by atoms with Gasteiger partial charge in [-0.25, -0.2) is 4.79 Å². The van der Waals surface area contributed by atoms with E-state index in [1.807, 2.05) is 12.1 Å². The first-order valence-electron chi connectivity index (χ1n) is 7.87. The molecule has 8 heteroatoms. The monoisotopic (exact) mass is 374 g/mol. The van der Waals surface area contributed by atoms with Crippen molar-refractivity contribution in [3.8, 4) is 0 Å². The summed E-state index contributed by atoms with van der Waals surface area (Å²) in [6.45, 7) is 3.11. The van der Waals surface area contributed by atoms with Crippen LogP contribution in [0.15, 0.2) is 24.3 Å². The van der Waals surface area contributed by atoms with Gasteiger partial charge in [0.2, 0.25) is 5.91 Å². The number of halogens is 2. The lowest BCUT2D eigenvalue weighted by Gasteiger charge is -2.10. The Morgan fingerprint density at radius 1 is 1.17 bits per heavy atom. The minimum Gasteiger partial charge on any atom is -0.355 e. The van der Waals surface area contributed by atoms with Crippen molar-refractivity contribution >= 4 is 35.9 Å². The minimum absolute atomic E-state index is 0. The fourth-order valence-electron chi connectivity index (χ4n) is 2.45. The zero-order chi connectivity index (χ0) is 16.5. The average Bonchev–Trinajstić information content (AvgIpc) is 3.06. The van der Waals surface area contributed by atoms with Gasteiger partial charge in [-0.05, 0) is 49.5 Å². The van der Waals surface area contributed by atoms with Gasteiger partial charge in [0, 0.05) is 18.1 Å². The van der Waals surface area contributed by atoms with Gasteiger partial charge in [0.25, 0.3) is 0 Å². The molecule has 1 fully saturated rings. The fraction of sp³-hybridized carbons (Fsp3) is 0.500. The molecule has 6 nitrogen and oxygen atoms in total. The molecule has 1 saturated heterocycles. The number of rotatable bonds is 7. The maximum Gasteiger partial charge on any atom is 0.315 e. The topological polar surface area (TPSA) is 82.3 Å². The molecule has 1 unspecified atom stereocenters. The third kappa shape index (κ3) is 7.86. The van der Waals surface area contributed by atoms with E-state index in [0.29, 0.717) is 24.0 Å². The zero-order valence-electron chi connectivity index (χ0n) is 13.4. The first-order chi connectivity index (χ1) is 11.1. The van der Waals surface area contributed by atoms with Gasteiger partial charge in [-0.15, -0.1) is 12.4 Å². The summed E-state index contributed by atoms with van der Waals surface area (Å²) in [5.74, 6) is 0.475. The molecule has 0 aliphatic carbocycles. The SMILES string of the molecule is Cl.O=C(CNC(=O)NCc1ccc(Cl)cc1)NCCC1CCNC1. The van der Waals surface area contributed by atoms with E-state index in [-0.39, 0.29) is 30.9 Å². The lowest BCUT2D eigenvalue weighted by atomic mass is 10.1. The molecule has 0 spiro atoms. The maximum atomic E-state index is 11.6. The van der Waals surface area contributed by atoms with Gasteiger partial charge in [-0.1, -0.05) is 23.7 Å². The lowest BCUT2D eigenvalue weighted by Crippen LogP contribution is -2.42. The molecule has 0 saturated carbocycles. The van der Waals surface area contributed by atoms with Crippen molar-refractivity contribution < 1.29 is 9.59 Å². The van der Waals surface area contributed by atoms with E-state index in [4.69, 9.17) is 11.6 Å². The Balaban J connectivity index is 0.00000288. The van der Waals surface area contributed by atoms with Crippen molar-refractivity contribution in [3.63, 3.8) is 0 Å². The third-order valence-electron chi connectivity index (χ3n) is 3.81. The summed E-state index contributed by atoms with van der Waals surface area (Å²) in [4.78, 5) is 23.3. The first-order valence-corrected chi connectivity index (χ1v) is 8.25. The van der Waals surface area contributed by atoms with Crippen LogP contribution in [0.25, 0.3) is 0 Å². The molecule has 0 radical (unpaired) electrons. The highest BCUT2D eigenvalue weighted by Crippen LogP contribution is 2.10. The van der Waals surface area contributed by atoms with Crippen LogP contribution in [0, 0.1) is 5.92 Å². The number of nitrogens with one attached hydrogen (secondary N) is 4. The predicted molar refractivity (Wildman–Crippen MR) is 97.5 cm³/mol. The van der Waals surface area contributed by atoms with Crippen LogP contribution < -0.4 is 21.3 Å². The van der Waals surface area contributed by atoms with Crippen molar-refractivity contribution in [2.45, 2.75) is 19.4 Å². The number of hydrogen-bond acceptors (Lipinski definition) is 3.